The molecule has 0 amide bonds. The Labute approximate surface area is 94.0 Å². The first-order valence-electron chi connectivity index (χ1n) is 4.43. The Morgan fingerprint density at radius 1 is 1.14 bits per heavy atom. The lowest BCUT2D eigenvalue weighted by molar-refractivity contribution is 0.190. The van der Waals surface area contributed by atoms with E-state index < -0.39 is 0 Å². The van der Waals surface area contributed by atoms with Crippen LogP contribution in [0.3, 0.4) is 0 Å². The Morgan fingerprint density at radius 2 is 1.79 bits per heavy atom. The maximum Gasteiger partial charge on any atom is 0.0825 e. The predicted octanol–water partition coefficient (Wildman–Crippen LogP) is 4.22. The van der Waals surface area contributed by atoms with Gasteiger partial charge in [-0.1, -0.05) is 35.4 Å². The zero-order valence-electron chi connectivity index (χ0n) is 7.67. The SMILES string of the molecule is [O]CCC/C=C/c1cc(Cl)cc(Cl)c1. The second-order valence-electron chi connectivity index (χ2n) is 2.95. The van der Waals surface area contributed by atoms with Gasteiger partial charge in [-0.3, -0.25) is 0 Å². The molecule has 1 aromatic rings. The van der Waals surface area contributed by atoms with Gasteiger partial charge in [0.2, 0.25) is 0 Å². The van der Waals surface area contributed by atoms with Gasteiger partial charge < -0.3 is 0 Å². The van der Waals surface area contributed by atoms with E-state index in [-0.39, 0.29) is 6.61 Å². The maximum atomic E-state index is 10.2. The first kappa shape index (κ1) is 11.6. The minimum absolute atomic E-state index is 0.0271. The zero-order chi connectivity index (χ0) is 10.4. The minimum Gasteiger partial charge on any atom is -0.237 e. The van der Waals surface area contributed by atoms with Gasteiger partial charge in [-0.2, -0.15) is 0 Å². The highest BCUT2D eigenvalue weighted by Gasteiger charge is 1.94. The van der Waals surface area contributed by atoms with Crippen LogP contribution in [0.25, 0.3) is 6.08 Å². The molecule has 0 saturated carbocycles. The van der Waals surface area contributed by atoms with Crippen molar-refractivity contribution in [3.63, 3.8) is 0 Å². The number of benzene rings is 1. The van der Waals surface area contributed by atoms with E-state index in [9.17, 15) is 5.11 Å². The summed E-state index contributed by atoms with van der Waals surface area (Å²) in [7, 11) is 0. The molecular weight excluding hydrogens is 219 g/mol. The molecule has 0 fully saturated rings. The second kappa shape index (κ2) is 6.07. The monoisotopic (exact) mass is 229 g/mol. The van der Waals surface area contributed by atoms with Crippen molar-refractivity contribution >= 4 is 29.3 Å². The smallest absolute Gasteiger partial charge is 0.0825 e. The summed E-state index contributed by atoms with van der Waals surface area (Å²) < 4.78 is 0. The van der Waals surface area contributed by atoms with Crippen LogP contribution < -0.4 is 0 Å². The summed E-state index contributed by atoms with van der Waals surface area (Å²) in [6, 6.07) is 5.36. The third-order valence-electron chi connectivity index (χ3n) is 1.71. The molecule has 0 atom stereocenters. The van der Waals surface area contributed by atoms with Crippen LogP contribution >= 0.6 is 23.2 Å². The Kier molecular flexibility index (Phi) is 5.02. The summed E-state index contributed by atoms with van der Waals surface area (Å²) >= 11 is 11.6. The van der Waals surface area contributed by atoms with Crippen LogP contribution in [0.5, 0.6) is 0 Å². The van der Waals surface area contributed by atoms with Crippen LogP contribution in [0.1, 0.15) is 18.4 Å². The normalized spacial score (nSPS) is 11.1. The molecule has 0 aliphatic carbocycles. The van der Waals surface area contributed by atoms with E-state index >= 15 is 0 Å². The summed E-state index contributed by atoms with van der Waals surface area (Å²) in [5.74, 6) is 0. The molecule has 0 spiro atoms. The summed E-state index contributed by atoms with van der Waals surface area (Å²) in [6.07, 6.45) is 5.35. The van der Waals surface area contributed by atoms with Crippen molar-refractivity contribution in [1.29, 1.82) is 0 Å². The van der Waals surface area contributed by atoms with Crippen LogP contribution in [0.2, 0.25) is 10.0 Å². The largest absolute Gasteiger partial charge is 0.237 e. The molecule has 0 heterocycles. The molecule has 0 bridgehead atoms. The fraction of sp³-hybridized carbons (Fsp3) is 0.273. The highest BCUT2D eigenvalue weighted by Crippen LogP contribution is 2.19. The zero-order valence-corrected chi connectivity index (χ0v) is 9.18. The molecule has 1 radical (unpaired) electrons. The van der Waals surface area contributed by atoms with Gasteiger partial charge in [0, 0.05) is 10.0 Å². The van der Waals surface area contributed by atoms with Crippen molar-refractivity contribution in [1.82, 2.24) is 0 Å². The van der Waals surface area contributed by atoms with Crippen molar-refractivity contribution in [3.8, 4) is 0 Å². The van der Waals surface area contributed by atoms with Crippen molar-refractivity contribution in [2.75, 3.05) is 6.61 Å². The molecule has 0 saturated heterocycles. The van der Waals surface area contributed by atoms with E-state index in [1.54, 1.807) is 6.07 Å². The lowest BCUT2D eigenvalue weighted by atomic mass is 10.2. The molecule has 1 rings (SSSR count). The molecule has 0 unspecified atom stereocenters. The Morgan fingerprint density at radius 3 is 2.36 bits per heavy atom. The minimum atomic E-state index is -0.0271. The van der Waals surface area contributed by atoms with Crippen LogP contribution in [0.15, 0.2) is 24.3 Å². The van der Waals surface area contributed by atoms with Gasteiger partial charge in [0.1, 0.15) is 0 Å². The standard InChI is InChI=1S/C11H11Cl2O/c12-10-6-9(7-11(13)8-10)4-2-1-3-5-14/h2,4,6-8H,1,3,5H2/b4-2+. The Hall–Kier alpha value is -0.500. The summed E-state index contributed by atoms with van der Waals surface area (Å²) in [4.78, 5) is 0. The van der Waals surface area contributed by atoms with Gasteiger partial charge in [0.15, 0.2) is 0 Å². The Bertz CT molecular complexity index is 301. The van der Waals surface area contributed by atoms with E-state index in [0.29, 0.717) is 16.5 Å². The van der Waals surface area contributed by atoms with Crippen molar-refractivity contribution in [2.45, 2.75) is 12.8 Å². The van der Waals surface area contributed by atoms with Crippen molar-refractivity contribution < 1.29 is 5.11 Å². The van der Waals surface area contributed by atoms with Gasteiger partial charge in [-0.15, -0.1) is 0 Å². The fourth-order valence-corrected chi connectivity index (χ4v) is 1.63. The van der Waals surface area contributed by atoms with Crippen molar-refractivity contribution in [2.24, 2.45) is 0 Å². The average molecular weight is 230 g/mol. The molecule has 0 aliphatic rings. The lowest BCUT2D eigenvalue weighted by Gasteiger charge is -1.96. The second-order valence-corrected chi connectivity index (χ2v) is 3.82. The highest BCUT2D eigenvalue weighted by atomic mass is 35.5. The van der Waals surface area contributed by atoms with Gasteiger partial charge in [-0.05, 0) is 36.6 Å². The third-order valence-corrected chi connectivity index (χ3v) is 2.15. The van der Waals surface area contributed by atoms with Gasteiger partial charge in [0.25, 0.3) is 0 Å². The quantitative estimate of drug-likeness (QED) is 0.690. The number of allylic oxidation sites excluding steroid dienone is 1. The predicted molar refractivity (Wildman–Crippen MR) is 60.3 cm³/mol. The summed E-state index contributed by atoms with van der Waals surface area (Å²) in [5, 5.41) is 11.4. The molecule has 1 nitrogen and oxygen atoms in total. The number of hydrogen-bond acceptors (Lipinski definition) is 0. The van der Waals surface area contributed by atoms with E-state index in [2.05, 4.69) is 0 Å². The summed E-state index contributed by atoms with van der Waals surface area (Å²) in [5.41, 5.74) is 0.966. The van der Waals surface area contributed by atoms with E-state index in [1.807, 2.05) is 24.3 Å². The topological polar surface area (TPSA) is 19.9 Å². The summed E-state index contributed by atoms with van der Waals surface area (Å²) in [6.45, 7) is -0.0271. The molecule has 75 valence electrons. The average Bonchev–Trinajstić information content (AvgIpc) is 2.11. The molecule has 3 heteroatoms. The molecule has 14 heavy (non-hydrogen) atoms. The van der Waals surface area contributed by atoms with Crippen LogP contribution in [-0.4, -0.2) is 6.61 Å². The number of unbranched alkanes of at least 4 members (excludes halogenated alkanes) is 1. The van der Waals surface area contributed by atoms with E-state index in [0.717, 1.165) is 12.0 Å². The molecule has 1 aromatic carbocycles. The van der Waals surface area contributed by atoms with Gasteiger partial charge in [0.05, 0.1) is 6.61 Å². The number of hydrogen-bond donors (Lipinski definition) is 0. The molecule has 0 N–H and O–H groups in total. The van der Waals surface area contributed by atoms with Gasteiger partial charge >= 0.3 is 0 Å². The van der Waals surface area contributed by atoms with Crippen LogP contribution in [0.4, 0.5) is 0 Å². The number of halogens is 2. The van der Waals surface area contributed by atoms with Crippen molar-refractivity contribution in [3.05, 3.63) is 39.9 Å². The Balaban J connectivity index is 2.62. The van der Waals surface area contributed by atoms with E-state index in [1.165, 1.54) is 0 Å². The molecular formula is C11H11Cl2O. The van der Waals surface area contributed by atoms with Gasteiger partial charge in [-0.25, -0.2) is 5.11 Å². The van der Waals surface area contributed by atoms with Crippen LogP contribution in [0, 0.1) is 0 Å². The first-order chi connectivity index (χ1) is 6.72. The van der Waals surface area contributed by atoms with E-state index in [4.69, 9.17) is 23.2 Å². The lowest BCUT2D eigenvalue weighted by Crippen LogP contribution is -1.77. The molecule has 0 aliphatic heterocycles. The van der Waals surface area contributed by atoms with Crippen LogP contribution in [-0.2, 0) is 5.11 Å². The molecule has 0 aromatic heterocycles. The maximum absolute atomic E-state index is 10.2. The fourth-order valence-electron chi connectivity index (χ4n) is 1.09. The number of rotatable bonds is 4. The first-order valence-corrected chi connectivity index (χ1v) is 5.18. The highest BCUT2D eigenvalue weighted by molar-refractivity contribution is 6.34. The third kappa shape index (κ3) is 4.14.